The summed E-state index contributed by atoms with van der Waals surface area (Å²) in [6.45, 7) is 6.55. The monoisotopic (exact) mass is 396 g/mol. The minimum Gasteiger partial charge on any atom is -0.473 e. The van der Waals surface area contributed by atoms with E-state index >= 15 is 0 Å². The number of carboxylic acids is 2. The predicted molar refractivity (Wildman–Crippen MR) is 102 cm³/mol. The number of carbonyl (C=O) groups excluding carboxylic acids is 1. The van der Waals surface area contributed by atoms with Crippen LogP contribution in [0.25, 0.3) is 0 Å². The molecule has 0 spiro atoms. The summed E-state index contributed by atoms with van der Waals surface area (Å²) >= 11 is 0. The van der Waals surface area contributed by atoms with Gasteiger partial charge in [0.1, 0.15) is 6.61 Å². The Morgan fingerprint density at radius 1 is 1.07 bits per heavy atom. The lowest BCUT2D eigenvalue weighted by Gasteiger charge is -2.25. The van der Waals surface area contributed by atoms with Crippen molar-refractivity contribution in [3.63, 3.8) is 0 Å². The van der Waals surface area contributed by atoms with Crippen LogP contribution in [0.4, 0.5) is 10.5 Å². The number of likely N-dealkylation sites (tertiary alicyclic amines) is 1. The third-order valence-electron chi connectivity index (χ3n) is 3.99. The third-order valence-corrected chi connectivity index (χ3v) is 3.99. The first-order chi connectivity index (χ1) is 13.4. The molecule has 1 aliphatic heterocycles. The van der Waals surface area contributed by atoms with Crippen molar-refractivity contribution in [1.82, 2.24) is 4.90 Å². The van der Waals surface area contributed by atoms with Crippen LogP contribution in [0.2, 0.25) is 0 Å². The Morgan fingerprint density at radius 2 is 1.71 bits per heavy atom. The van der Waals surface area contributed by atoms with Crippen molar-refractivity contribution >= 4 is 23.7 Å². The molecule has 1 aromatic carbocycles. The summed E-state index contributed by atoms with van der Waals surface area (Å²) < 4.78 is 10.7. The fourth-order valence-corrected chi connectivity index (χ4v) is 2.58. The first-order valence-electron chi connectivity index (χ1n) is 9.22. The molecular formula is C19H28N2O7. The Kier molecular flexibility index (Phi) is 11.3. The number of para-hydroxylation sites is 1. The summed E-state index contributed by atoms with van der Waals surface area (Å²) in [7, 11) is 0. The molecule has 1 heterocycles. The molecule has 156 valence electrons. The van der Waals surface area contributed by atoms with Gasteiger partial charge in [0.25, 0.3) is 0 Å². The van der Waals surface area contributed by atoms with Crippen LogP contribution < -0.4 is 5.32 Å². The summed E-state index contributed by atoms with van der Waals surface area (Å²) in [5.74, 6) is -3.65. The van der Waals surface area contributed by atoms with Crippen molar-refractivity contribution in [3.8, 4) is 0 Å². The molecule has 9 heteroatoms. The van der Waals surface area contributed by atoms with E-state index in [1.54, 1.807) is 0 Å². The molecule has 0 aromatic heterocycles. The Bertz CT molecular complexity index is 618. The summed E-state index contributed by atoms with van der Waals surface area (Å²) in [5.41, 5.74) is 1.70. The fourth-order valence-electron chi connectivity index (χ4n) is 2.58. The van der Waals surface area contributed by atoms with Crippen molar-refractivity contribution in [3.05, 3.63) is 29.8 Å². The van der Waals surface area contributed by atoms with Gasteiger partial charge < -0.3 is 19.7 Å². The summed E-state index contributed by atoms with van der Waals surface area (Å²) in [4.78, 5) is 32.4. The zero-order valence-electron chi connectivity index (χ0n) is 16.1. The lowest BCUT2D eigenvalue weighted by molar-refractivity contribution is -0.159. The van der Waals surface area contributed by atoms with Crippen molar-refractivity contribution in [2.45, 2.75) is 32.8 Å². The van der Waals surface area contributed by atoms with Gasteiger partial charge in [-0.2, -0.15) is 0 Å². The molecule has 1 aliphatic rings. The molecule has 0 unspecified atom stereocenters. The number of ether oxygens (including phenoxy) is 2. The Hall–Kier alpha value is -2.65. The highest BCUT2D eigenvalue weighted by atomic mass is 16.5. The molecule has 0 radical (unpaired) electrons. The smallest absolute Gasteiger partial charge is 0.414 e. The second-order valence-corrected chi connectivity index (χ2v) is 6.07. The zero-order chi connectivity index (χ0) is 20.8. The summed E-state index contributed by atoms with van der Waals surface area (Å²) in [6.07, 6.45) is 3.41. The van der Waals surface area contributed by atoms with Gasteiger partial charge in [-0.05, 0) is 38.9 Å². The van der Waals surface area contributed by atoms with E-state index in [2.05, 4.69) is 10.2 Å². The number of anilines is 1. The molecule has 2 rings (SSSR count). The highest BCUT2D eigenvalue weighted by Crippen LogP contribution is 2.16. The van der Waals surface area contributed by atoms with Gasteiger partial charge in [-0.25, -0.2) is 14.4 Å². The molecule has 1 amide bonds. The number of amides is 1. The molecule has 0 atom stereocenters. The van der Waals surface area contributed by atoms with Crippen LogP contribution in [-0.2, 0) is 25.7 Å². The van der Waals surface area contributed by atoms with Crippen molar-refractivity contribution < 1.29 is 34.1 Å². The van der Waals surface area contributed by atoms with Gasteiger partial charge in [0.15, 0.2) is 0 Å². The van der Waals surface area contributed by atoms with E-state index in [9.17, 15) is 4.79 Å². The highest BCUT2D eigenvalue weighted by molar-refractivity contribution is 6.27. The molecular weight excluding hydrogens is 368 g/mol. The van der Waals surface area contributed by atoms with E-state index in [1.165, 1.54) is 19.3 Å². The van der Waals surface area contributed by atoms with E-state index < -0.39 is 18.0 Å². The van der Waals surface area contributed by atoms with E-state index in [1.807, 2.05) is 31.2 Å². The van der Waals surface area contributed by atoms with E-state index in [0.29, 0.717) is 19.8 Å². The zero-order valence-corrected chi connectivity index (χ0v) is 16.1. The molecule has 1 fully saturated rings. The minimum atomic E-state index is -1.82. The number of nitrogens with one attached hydrogen (secondary N) is 1. The van der Waals surface area contributed by atoms with Gasteiger partial charge in [0.2, 0.25) is 0 Å². The second kappa shape index (κ2) is 13.5. The third kappa shape index (κ3) is 9.89. The maximum absolute atomic E-state index is 11.9. The van der Waals surface area contributed by atoms with Gasteiger partial charge >= 0.3 is 18.0 Å². The molecule has 1 saturated heterocycles. The van der Waals surface area contributed by atoms with Gasteiger partial charge in [0.05, 0.1) is 6.61 Å². The van der Waals surface area contributed by atoms with Crippen LogP contribution in [-0.4, -0.2) is 66.0 Å². The predicted octanol–water partition coefficient (Wildman–Crippen LogP) is 2.41. The van der Waals surface area contributed by atoms with Crippen LogP contribution in [0.5, 0.6) is 0 Å². The first-order valence-corrected chi connectivity index (χ1v) is 9.22. The average molecular weight is 396 g/mol. The summed E-state index contributed by atoms with van der Waals surface area (Å²) in [5, 5.41) is 17.6. The number of carboxylic acid groups (broad SMARTS) is 2. The van der Waals surface area contributed by atoms with Crippen molar-refractivity contribution in [2.24, 2.45) is 0 Å². The average Bonchev–Trinajstić information content (AvgIpc) is 2.68. The molecule has 1 aromatic rings. The van der Waals surface area contributed by atoms with Crippen molar-refractivity contribution in [2.75, 3.05) is 38.2 Å². The van der Waals surface area contributed by atoms with Gasteiger partial charge in [-0.3, -0.25) is 10.2 Å². The number of piperidine rings is 1. The molecule has 28 heavy (non-hydrogen) atoms. The molecule has 3 N–H and O–H groups in total. The minimum absolute atomic E-state index is 0.402. The van der Waals surface area contributed by atoms with Gasteiger partial charge in [0, 0.05) is 24.4 Å². The van der Waals surface area contributed by atoms with E-state index in [0.717, 1.165) is 30.9 Å². The quantitative estimate of drug-likeness (QED) is 0.600. The fraction of sp³-hybridized carbons (Fsp3) is 0.526. The molecule has 0 bridgehead atoms. The van der Waals surface area contributed by atoms with E-state index in [4.69, 9.17) is 29.3 Å². The second-order valence-electron chi connectivity index (χ2n) is 6.07. The van der Waals surface area contributed by atoms with Crippen LogP contribution in [0, 0.1) is 0 Å². The normalized spacial score (nSPS) is 13.8. The lowest BCUT2D eigenvalue weighted by atomic mass is 10.1. The van der Waals surface area contributed by atoms with Gasteiger partial charge in [-0.15, -0.1) is 0 Å². The SMILES string of the molecule is CCOCc1ccccc1NC(=O)OCCN1CCCCC1.O=C(O)C(=O)O. The number of carbonyl (C=O) groups is 3. The lowest BCUT2D eigenvalue weighted by Crippen LogP contribution is -2.33. The molecule has 0 saturated carbocycles. The Labute approximate surface area is 164 Å². The Balaban J connectivity index is 0.000000568. The van der Waals surface area contributed by atoms with Crippen LogP contribution in [0.15, 0.2) is 24.3 Å². The number of benzene rings is 1. The van der Waals surface area contributed by atoms with Crippen LogP contribution in [0.1, 0.15) is 31.7 Å². The standard InChI is InChI=1S/C17H26N2O3.C2H2O4/c1-2-21-14-15-8-4-5-9-16(15)18-17(20)22-13-12-19-10-6-3-7-11-19;3-1(4)2(5)6/h4-5,8-9H,2-3,6-7,10-14H2,1H3,(H,18,20);(H,3,4)(H,5,6). The largest absolute Gasteiger partial charge is 0.473 e. The number of aliphatic carboxylic acids is 2. The summed E-state index contributed by atoms with van der Waals surface area (Å²) in [6, 6.07) is 7.62. The maximum atomic E-state index is 11.9. The Morgan fingerprint density at radius 3 is 2.32 bits per heavy atom. The maximum Gasteiger partial charge on any atom is 0.414 e. The molecule has 9 nitrogen and oxygen atoms in total. The van der Waals surface area contributed by atoms with Crippen molar-refractivity contribution in [1.29, 1.82) is 0 Å². The van der Waals surface area contributed by atoms with Gasteiger partial charge in [-0.1, -0.05) is 24.6 Å². The number of hydrogen-bond donors (Lipinski definition) is 3. The van der Waals surface area contributed by atoms with Crippen LogP contribution >= 0.6 is 0 Å². The number of hydrogen-bond acceptors (Lipinski definition) is 6. The topological polar surface area (TPSA) is 125 Å². The highest BCUT2D eigenvalue weighted by Gasteiger charge is 2.11. The molecule has 0 aliphatic carbocycles. The number of nitrogens with zero attached hydrogens (tertiary/aromatic N) is 1. The van der Waals surface area contributed by atoms with Crippen LogP contribution in [0.3, 0.4) is 0 Å². The first kappa shape index (κ1) is 23.4. The van der Waals surface area contributed by atoms with E-state index in [-0.39, 0.29) is 0 Å². The number of rotatable bonds is 7.